The summed E-state index contributed by atoms with van der Waals surface area (Å²) in [5.41, 5.74) is 1.52. The molecule has 1 unspecified atom stereocenters. The summed E-state index contributed by atoms with van der Waals surface area (Å²) < 4.78 is 4.12. The van der Waals surface area contributed by atoms with Gasteiger partial charge in [-0.25, -0.2) is 0 Å². The average Bonchev–Trinajstić information content (AvgIpc) is 2.74. The zero-order valence-electron chi connectivity index (χ0n) is 9.35. The van der Waals surface area contributed by atoms with Crippen molar-refractivity contribution in [3.05, 3.63) is 16.6 Å². The molecule has 0 bridgehead atoms. The van der Waals surface area contributed by atoms with Gasteiger partial charge in [0.2, 0.25) is 0 Å². The number of aliphatic hydroxyl groups excluding tert-OH is 1. The molecular formula is C11H16N2O2S. The summed E-state index contributed by atoms with van der Waals surface area (Å²) in [6.45, 7) is 3.50. The molecule has 0 spiro atoms. The molecule has 1 N–H and O–H groups in total. The summed E-state index contributed by atoms with van der Waals surface area (Å²) in [5.74, 6) is 0.300. The van der Waals surface area contributed by atoms with Crippen LogP contribution < -0.4 is 0 Å². The first-order valence-electron chi connectivity index (χ1n) is 5.53. The van der Waals surface area contributed by atoms with Crippen LogP contribution in [0.1, 0.15) is 28.9 Å². The van der Waals surface area contributed by atoms with Crippen molar-refractivity contribution in [1.29, 1.82) is 0 Å². The van der Waals surface area contributed by atoms with E-state index in [9.17, 15) is 4.79 Å². The zero-order chi connectivity index (χ0) is 11.5. The normalized spacial score (nSPS) is 21.1. The molecule has 1 aromatic heterocycles. The summed E-state index contributed by atoms with van der Waals surface area (Å²) in [5, 5.41) is 10.9. The maximum Gasteiger partial charge on any atom is 0.256 e. The van der Waals surface area contributed by atoms with E-state index in [1.165, 1.54) is 11.5 Å². The number of aliphatic hydroxyl groups is 1. The van der Waals surface area contributed by atoms with E-state index in [2.05, 4.69) is 4.37 Å². The van der Waals surface area contributed by atoms with Crippen molar-refractivity contribution < 1.29 is 9.90 Å². The number of carbonyl (C=O) groups is 1. The third-order valence-electron chi connectivity index (χ3n) is 3.04. The molecule has 2 rings (SSSR count). The van der Waals surface area contributed by atoms with Gasteiger partial charge in [0.1, 0.15) is 0 Å². The summed E-state index contributed by atoms with van der Waals surface area (Å²) >= 11 is 1.32. The monoisotopic (exact) mass is 240 g/mol. The molecule has 88 valence electrons. The third-order valence-corrected chi connectivity index (χ3v) is 3.77. The molecule has 1 aliphatic rings. The topological polar surface area (TPSA) is 53.4 Å². The number of hydrogen-bond donors (Lipinski definition) is 1. The van der Waals surface area contributed by atoms with Gasteiger partial charge < -0.3 is 10.0 Å². The Hall–Kier alpha value is -0.940. The largest absolute Gasteiger partial charge is 0.396 e. The second-order valence-corrected chi connectivity index (χ2v) is 4.88. The molecule has 0 saturated carbocycles. The molecule has 2 heterocycles. The van der Waals surface area contributed by atoms with Crippen LogP contribution in [-0.4, -0.2) is 40.0 Å². The van der Waals surface area contributed by atoms with Crippen LogP contribution in [0.4, 0.5) is 0 Å². The predicted octanol–water partition coefficient (Wildman–Crippen LogP) is 1.30. The fourth-order valence-electron chi connectivity index (χ4n) is 2.07. The first kappa shape index (κ1) is 11.5. The van der Waals surface area contributed by atoms with Crippen molar-refractivity contribution in [3.63, 3.8) is 0 Å². The quantitative estimate of drug-likeness (QED) is 0.847. The van der Waals surface area contributed by atoms with Crippen LogP contribution in [0.2, 0.25) is 0 Å². The summed E-state index contributed by atoms with van der Waals surface area (Å²) in [6, 6.07) is 0. The zero-order valence-corrected chi connectivity index (χ0v) is 10.2. The maximum atomic E-state index is 12.2. The Morgan fingerprint density at radius 1 is 1.75 bits per heavy atom. The smallest absolute Gasteiger partial charge is 0.256 e. The Balaban J connectivity index is 2.07. The van der Waals surface area contributed by atoms with Gasteiger partial charge in [-0.1, -0.05) is 0 Å². The van der Waals surface area contributed by atoms with Crippen LogP contribution in [0.15, 0.2) is 5.38 Å². The van der Waals surface area contributed by atoms with Gasteiger partial charge in [-0.2, -0.15) is 4.37 Å². The lowest BCUT2D eigenvalue weighted by atomic mass is 9.98. The highest BCUT2D eigenvalue weighted by atomic mass is 32.1. The van der Waals surface area contributed by atoms with E-state index in [1.807, 2.05) is 11.8 Å². The van der Waals surface area contributed by atoms with Crippen LogP contribution in [0, 0.1) is 12.8 Å². The van der Waals surface area contributed by atoms with Gasteiger partial charge >= 0.3 is 0 Å². The van der Waals surface area contributed by atoms with Crippen LogP contribution in [0.5, 0.6) is 0 Å². The predicted molar refractivity (Wildman–Crippen MR) is 62.6 cm³/mol. The molecule has 5 heteroatoms. The Kier molecular flexibility index (Phi) is 3.56. The van der Waals surface area contributed by atoms with Crippen molar-refractivity contribution in [3.8, 4) is 0 Å². The lowest BCUT2D eigenvalue weighted by Crippen LogP contribution is -2.41. The van der Waals surface area contributed by atoms with Crippen LogP contribution in [-0.2, 0) is 0 Å². The van der Waals surface area contributed by atoms with Gasteiger partial charge in [0, 0.05) is 25.1 Å². The van der Waals surface area contributed by atoms with Crippen LogP contribution in [0.25, 0.3) is 0 Å². The summed E-state index contributed by atoms with van der Waals surface area (Å²) in [6.07, 6.45) is 1.99. The minimum atomic E-state index is 0.0596. The number of piperidine rings is 1. The lowest BCUT2D eigenvalue weighted by molar-refractivity contribution is 0.0620. The Bertz CT molecular complexity index is 378. The number of amides is 1. The van der Waals surface area contributed by atoms with Gasteiger partial charge in [-0.3, -0.25) is 4.79 Å². The van der Waals surface area contributed by atoms with E-state index in [-0.39, 0.29) is 18.4 Å². The minimum Gasteiger partial charge on any atom is -0.396 e. The van der Waals surface area contributed by atoms with E-state index in [0.29, 0.717) is 12.1 Å². The second-order valence-electron chi connectivity index (χ2n) is 4.26. The molecule has 0 aromatic carbocycles. The van der Waals surface area contributed by atoms with Gasteiger partial charge in [-0.15, -0.1) is 0 Å². The average molecular weight is 240 g/mol. The van der Waals surface area contributed by atoms with Crippen molar-refractivity contribution in [1.82, 2.24) is 9.27 Å². The maximum absolute atomic E-state index is 12.2. The summed E-state index contributed by atoms with van der Waals surface area (Å²) in [4.78, 5) is 14.0. The molecule has 0 radical (unpaired) electrons. The van der Waals surface area contributed by atoms with E-state index in [4.69, 9.17) is 5.11 Å². The Morgan fingerprint density at radius 3 is 3.19 bits per heavy atom. The number of rotatable bonds is 2. The van der Waals surface area contributed by atoms with Crippen LogP contribution >= 0.6 is 11.5 Å². The number of hydrogen-bond acceptors (Lipinski definition) is 4. The highest BCUT2D eigenvalue weighted by Crippen LogP contribution is 2.19. The molecule has 1 aromatic rings. The summed E-state index contributed by atoms with van der Waals surface area (Å²) in [7, 11) is 0. The number of aromatic nitrogens is 1. The Morgan fingerprint density at radius 2 is 2.56 bits per heavy atom. The van der Waals surface area contributed by atoms with E-state index >= 15 is 0 Å². The van der Waals surface area contributed by atoms with Crippen molar-refractivity contribution in [2.24, 2.45) is 5.92 Å². The molecule has 1 fully saturated rings. The number of nitrogens with zero attached hydrogens (tertiary/aromatic N) is 2. The molecule has 1 saturated heterocycles. The molecule has 4 nitrogen and oxygen atoms in total. The van der Waals surface area contributed by atoms with Gasteiger partial charge in [0.15, 0.2) is 0 Å². The van der Waals surface area contributed by atoms with E-state index in [0.717, 1.165) is 25.1 Å². The molecule has 1 aliphatic heterocycles. The molecule has 1 amide bonds. The van der Waals surface area contributed by atoms with E-state index < -0.39 is 0 Å². The molecular weight excluding hydrogens is 224 g/mol. The first-order valence-corrected chi connectivity index (χ1v) is 6.37. The number of likely N-dealkylation sites (tertiary alicyclic amines) is 1. The van der Waals surface area contributed by atoms with E-state index in [1.54, 1.807) is 5.38 Å². The molecule has 16 heavy (non-hydrogen) atoms. The molecule has 0 aliphatic carbocycles. The minimum absolute atomic E-state index is 0.0596. The standard InChI is InChI=1S/C11H16N2O2S/c1-8-10(7-16-12-8)11(15)13-4-2-3-9(5-13)6-14/h7,9,14H,2-6H2,1H3. The fraction of sp³-hybridized carbons (Fsp3) is 0.636. The number of aryl methyl sites for hydroxylation is 1. The van der Waals surface area contributed by atoms with Crippen molar-refractivity contribution >= 4 is 17.4 Å². The van der Waals surface area contributed by atoms with Crippen molar-refractivity contribution in [2.75, 3.05) is 19.7 Å². The highest BCUT2D eigenvalue weighted by molar-refractivity contribution is 7.03. The SMILES string of the molecule is Cc1nscc1C(=O)N1CCCC(CO)C1. The third kappa shape index (κ3) is 2.25. The highest BCUT2D eigenvalue weighted by Gasteiger charge is 2.25. The van der Waals surface area contributed by atoms with Crippen molar-refractivity contribution in [2.45, 2.75) is 19.8 Å². The molecule has 1 atom stereocenters. The Labute approximate surface area is 99.1 Å². The van der Waals surface area contributed by atoms with Gasteiger partial charge in [-0.05, 0) is 37.2 Å². The lowest BCUT2D eigenvalue weighted by Gasteiger charge is -2.31. The first-order chi connectivity index (χ1) is 7.72. The second kappa shape index (κ2) is 4.93. The van der Waals surface area contributed by atoms with Gasteiger partial charge in [0.05, 0.1) is 11.3 Å². The van der Waals surface area contributed by atoms with Crippen LogP contribution in [0.3, 0.4) is 0 Å². The number of carbonyl (C=O) groups excluding carboxylic acids is 1. The fourth-order valence-corrected chi connectivity index (χ4v) is 2.75. The van der Waals surface area contributed by atoms with Gasteiger partial charge in [0.25, 0.3) is 5.91 Å².